The molecule has 3 aromatic heterocycles. The molecular weight excluding hydrogens is 256 g/mol. The summed E-state index contributed by atoms with van der Waals surface area (Å²) in [7, 11) is 1.92. The molecule has 0 aliphatic heterocycles. The van der Waals surface area contributed by atoms with Crippen LogP contribution in [0.4, 0.5) is 5.82 Å². The normalized spacial score (nSPS) is 10.9. The second-order valence-corrected chi connectivity index (χ2v) is 4.38. The summed E-state index contributed by atoms with van der Waals surface area (Å²) in [5, 5.41) is 3.88. The lowest BCUT2D eigenvalue weighted by atomic mass is 10.4. The van der Waals surface area contributed by atoms with Gasteiger partial charge in [0.15, 0.2) is 11.5 Å². The SMILES string of the molecule is CCc1noc(CN(C)c2ccc3nccnc3n2)n1. The summed E-state index contributed by atoms with van der Waals surface area (Å²) in [4.78, 5) is 19.1. The van der Waals surface area contributed by atoms with Gasteiger partial charge >= 0.3 is 0 Å². The first-order valence-electron chi connectivity index (χ1n) is 6.36. The first-order chi connectivity index (χ1) is 9.76. The second-order valence-electron chi connectivity index (χ2n) is 4.38. The Morgan fingerprint density at radius 3 is 2.80 bits per heavy atom. The van der Waals surface area contributed by atoms with Gasteiger partial charge in [-0.15, -0.1) is 0 Å². The molecule has 0 unspecified atom stereocenters. The molecule has 20 heavy (non-hydrogen) atoms. The Hall–Kier alpha value is -2.57. The Morgan fingerprint density at radius 2 is 2.00 bits per heavy atom. The molecule has 0 N–H and O–H groups in total. The molecule has 0 spiro atoms. The molecule has 0 saturated carbocycles. The summed E-state index contributed by atoms with van der Waals surface area (Å²) in [5.41, 5.74) is 1.40. The molecule has 3 aromatic rings. The number of pyridine rings is 1. The average molecular weight is 270 g/mol. The molecule has 0 bridgehead atoms. The molecule has 0 atom stereocenters. The molecule has 0 radical (unpaired) electrons. The monoisotopic (exact) mass is 270 g/mol. The largest absolute Gasteiger partial charge is 0.350 e. The molecule has 0 saturated heterocycles. The van der Waals surface area contributed by atoms with Crippen LogP contribution in [0.15, 0.2) is 29.0 Å². The van der Waals surface area contributed by atoms with E-state index in [1.807, 2.05) is 31.0 Å². The molecule has 0 aliphatic carbocycles. The van der Waals surface area contributed by atoms with Gasteiger partial charge in [0, 0.05) is 25.9 Å². The van der Waals surface area contributed by atoms with Crippen molar-refractivity contribution < 1.29 is 4.52 Å². The van der Waals surface area contributed by atoms with Crippen molar-refractivity contribution in [1.29, 1.82) is 0 Å². The van der Waals surface area contributed by atoms with E-state index >= 15 is 0 Å². The summed E-state index contributed by atoms with van der Waals surface area (Å²) in [6.45, 7) is 2.49. The molecule has 0 aromatic carbocycles. The number of aryl methyl sites for hydroxylation is 1. The van der Waals surface area contributed by atoms with Gasteiger partial charge in [-0.3, -0.25) is 4.98 Å². The molecule has 0 aliphatic rings. The minimum absolute atomic E-state index is 0.506. The van der Waals surface area contributed by atoms with Crippen molar-refractivity contribution in [2.24, 2.45) is 0 Å². The van der Waals surface area contributed by atoms with Crippen molar-refractivity contribution in [2.75, 3.05) is 11.9 Å². The number of rotatable bonds is 4. The summed E-state index contributed by atoms with van der Waals surface area (Å²) in [6, 6.07) is 3.79. The third kappa shape index (κ3) is 2.42. The van der Waals surface area contributed by atoms with E-state index in [-0.39, 0.29) is 0 Å². The van der Waals surface area contributed by atoms with E-state index in [0.29, 0.717) is 23.9 Å². The predicted octanol–water partition coefficient (Wildman–Crippen LogP) is 1.61. The zero-order valence-corrected chi connectivity index (χ0v) is 11.3. The van der Waals surface area contributed by atoms with Crippen LogP contribution in [0.25, 0.3) is 11.2 Å². The van der Waals surface area contributed by atoms with Crippen LogP contribution >= 0.6 is 0 Å². The number of aromatic nitrogens is 5. The summed E-state index contributed by atoms with van der Waals surface area (Å²) >= 11 is 0. The van der Waals surface area contributed by atoms with Crippen molar-refractivity contribution in [3.8, 4) is 0 Å². The number of hydrogen-bond acceptors (Lipinski definition) is 7. The number of fused-ring (bicyclic) bond motifs is 1. The maximum Gasteiger partial charge on any atom is 0.246 e. The highest BCUT2D eigenvalue weighted by atomic mass is 16.5. The van der Waals surface area contributed by atoms with E-state index in [1.165, 1.54) is 0 Å². The topological polar surface area (TPSA) is 80.8 Å². The van der Waals surface area contributed by atoms with Crippen molar-refractivity contribution in [1.82, 2.24) is 25.1 Å². The highest BCUT2D eigenvalue weighted by Crippen LogP contribution is 2.15. The Labute approximate surface area is 115 Å². The van der Waals surface area contributed by atoms with E-state index in [1.54, 1.807) is 12.4 Å². The Kier molecular flexibility index (Phi) is 3.24. The van der Waals surface area contributed by atoms with Gasteiger partial charge in [-0.2, -0.15) is 4.98 Å². The third-order valence-corrected chi connectivity index (χ3v) is 2.91. The first kappa shape index (κ1) is 12.5. The number of anilines is 1. The van der Waals surface area contributed by atoms with Gasteiger partial charge in [0.2, 0.25) is 5.89 Å². The summed E-state index contributed by atoms with van der Waals surface area (Å²) < 4.78 is 5.18. The first-order valence-corrected chi connectivity index (χ1v) is 6.36. The van der Waals surface area contributed by atoms with Gasteiger partial charge < -0.3 is 9.42 Å². The Morgan fingerprint density at radius 1 is 1.15 bits per heavy atom. The lowest BCUT2D eigenvalue weighted by molar-refractivity contribution is 0.373. The number of hydrogen-bond donors (Lipinski definition) is 0. The molecular formula is C13H14N6O. The molecule has 3 rings (SSSR count). The maximum atomic E-state index is 5.18. The zero-order chi connectivity index (χ0) is 13.9. The van der Waals surface area contributed by atoms with Crippen molar-refractivity contribution in [3.63, 3.8) is 0 Å². The summed E-state index contributed by atoms with van der Waals surface area (Å²) in [5.74, 6) is 2.07. The van der Waals surface area contributed by atoms with E-state index in [2.05, 4.69) is 25.1 Å². The van der Waals surface area contributed by atoms with Crippen LogP contribution in [0.3, 0.4) is 0 Å². The van der Waals surface area contributed by atoms with Crippen LogP contribution in [-0.4, -0.2) is 32.1 Å². The quantitative estimate of drug-likeness (QED) is 0.712. The van der Waals surface area contributed by atoms with E-state index in [9.17, 15) is 0 Å². The van der Waals surface area contributed by atoms with Crippen molar-refractivity contribution in [2.45, 2.75) is 19.9 Å². The Bertz CT molecular complexity index is 725. The fraction of sp³-hybridized carbons (Fsp3) is 0.308. The maximum absolute atomic E-state index is 5.18. The van der Waals surface area contributed by atoms with E-state index < -0.39 is 0 Å². The lowest BCUT2D eigenvalue weighted by Crippen LogP contribution is -2.18. The van der Waals surface area contributed by atoms with Gasteiger partial charge in [-0.25, -0.2) is 9.97 Å². The van der Waals surface area contributed by atoms with Crippen LogP contribution in [-0.2, 0) is 13.0 Å². The van der Waals surface area contributed by atoms with E-state index in [0.717, 1.165) is 17.8 Å². The number of nitrogens with zero attached hydrogens (tertiary/aromatic N) is 6. The molecule has 102 valence electrons. The standard InChI is InChI=1S/C13H14N6O/c1-3-10-16-12(20-18-10)8-19(2)11-5-4-9-13(17-11)15-7-6-14-9/h4-7H,3,8H2,1-2H3. The lowest BCUT2D eigenvalue weighted by Gasteiger charge is -2.15. The minimum Gasteiger partial charge on any atom is -0.350 e. The molecule has 7 heteroatoms. The summed E-state index contributed by atoms with van der Waals surface area (Å²) in [6.07, 6.45) is 4.04. The highest BCUT2D eigenvalue weighted by molar-refractivity contribution is 5.71. The smallest absolute Gasteiger partial charge is 0.246 e. The molecule has 7 nitrogen and oxygen atoms in total. The minimum atomic E-state index is 0.506. The highest BCUT2D eigenvalue weighted by Gasteiger charge is 2.10. The molecule has 0 amide bonds. The van der Waals surface area contributed by atoms with Gasteiger partial charge in [0.25, 0.3) is 0 Å². The fourth-order valence-corrected chi connectivity index (χ4v) is 1.84. The second kappa shape index (κ2) is 5.20. The molecule has 0 fully saturated rings. The predicted molar refractivity (Wildman–Crippen MR) is 73.1 cm³/mol. The third-order valence-electron chi connectivity index (χ3n) is 2.91. The van der Waals surface area contributed by atoms with Gasteiger partial charge in [-0.05, 0) is 12.1 Å². The van der Waals surface area contributed by atoms with E-state index in [4.69, 9.17) is 4.52 Å². The van der Waals surface area contributed by atoms with Gasteiger partial charge in [0.1, 0.15) is 11.3 Å². The average Bonchev–Trinajstić information content (AvgIpc) is 2.94. The zero-order valence-electron chi connectivity index (χ0n) is 11.3. The fourth-order valence-electron chi connectivity index (χ4n) is 1.84. The van der Waals surface area contributed by atoms with Crippen molar-refractivity contribution >= 4 is 17.0 Å². The van der Waals surface area contributed by atoms with Crippen LogP contribution in [0.1, 0.15) is 18.6 Å². The van der Waals surface area contributed by atoms with Crippen LogP contribution in [0, 0.1) is 0 Å². The Balaban J connectivity index is 1.82. The van der Waals surface area contributed by atoms with Gasteiger partial charge in [0.05, 0.1) is 6.54 Å². The van der Waals surface area contributed by atoms with Crippen molar-refractivity contribution in [3.05, 3.63) is 36.2 Å². The van der Waals surface area contributed by atoms with Crippen LogP contribution in [0.2, 0.25) is 0 Å². The molecule has 3 heterocycles. The van der Waals surface area contributed by atoms with Gasteiger partial charge in [-0.1, -0.05) is 12.1 Å². The van der Waals surface area contributed by atoms with Crippen LogP contribution < -0.4 is 4.90 Å². The van der Waals surface area contributed by atoms with Crippen LogP contribution in [0.5, 0.6) is 0 Å².